The Morgan fingerprint density at radius 2 is 2.05 bits per heavy atom. The first kappa shape index (κ1) is 13.7. The SMILES string of the molecule is Cc1c(N)cccc1C(=O)Cc1ccc(Br)cc1F. The largest absolute Gasteiger partial charge is 0.398 e. The van der Waals surface area contributed by atoms with Crippen LogP contribution in [0.25, 0.3) is 0 Å². The van der Waals surface area contributed by atoms with Crippen LogP contribution in [-0.2, 0) is 6.42 Å². The van der Waals surface area contributed by atoms with Crippen molar-refractivity contribution in [2.75, 3.05) is 5.73 Å². The Hall–Kier alpha value is -1.68. The van der Waals surface area contributed by atoms with Crippen LogP contribution in [-0.4, -0.2) is 5.78 Å². The molecule has 2 rings (SSSR count). The number of Topliss-reactive ketones (excluding diaryl/α,β-unsaturated/α-hetero) is 1. The molecule has 2 aromatic carbocycles. The van der Waals surface area contributed by atoms with E-state index in [1.165, 1.54) is 6.07 Å². The molecule has 0 amide bonds. The van der Waals surface area contributed by atoms with Gasteiger partial charge < -0.3 is 5.73 Å². The van der Waals surface area contributed by atoms with E-state index in [1.807, 2.05) is 0 Å². The maximum Gasteiger partial charge on any atom is 0.167 e. The first-order chi connectivity index (χ1) is 8.99. The topological polar surface area (TPSA) is 43.1 Å². The minimum Gasteiger partial charge on any atom is -0.398 e. The second-order valence-corrected chi connectivity index (χ2v) is 5.27. The van der Waals surface area contributed by atoms with Crippen molar-refractivity contribution < 1.29 is 9.18 Å². The second-order valence-electron chi connectivity index (χ2n) is 4.36. The van der Waals surface area contributed by atoms with Crippen LogP contribution in [0.15, 0.2) is 40.9 Å². The Labute approximate surface area is 119 Å². The normalized spacial score (nSPS) is 10.5. The molecule has 98 valence electrons. The Balaban J connectivity index is 2.28. The fraction of sp³-hybridized carbons (Fsp3) is 0.133. The number of halogens is 2. The highest BCUT2D eigenvalue weighted by atomic mass is 79.9. The molecule has 0 fully saturated rings. The number of nitrogen functional groups attached to an aromatic ring is 1. The van der Waals surface area contributed by atoms with Gasteiger partial charge >= 0.3 is 0 Å². The molecule has 0 aliphatic carbocycles. The Morgan fingerprint density at radius 1 is 1.32 bits per heavy atom. The third-order valence-electron chi connectivity index (χ3n) is 3.04. The van der Waals surface area contributed by atoms with Gasteiger partial charge in [-0.15, -0.1) is 0 Å². The van der Waals surface area contributed by atoms with Gasteiger partial charge in [0.2, 0.25) is 0 Å². The minimum atomic E-state index is -0.385. The lowest BCUT2D eigenvalue weighted by molar-refractivity contribution is 0.0991. The van der Waals surface area contributed by atoms with Crippen molar-refractivity contribution in [1.82, 2.24) is 0 Å². The Kier molecular flexibility index (Phi) is 4.00. The van der Waals surface area contributed by atoms with Crippen molar-refractivity contribution >= 4 is 27.4 Å². The van der Waals surface area contributed by atoms with Gasteiger partial charge in [-0.3, -0.25) is 4.79 Å². The number of anilines is 1. The molecule has 4 heteroatoms. The zero-order valence-electron chi connectivity index (χ0n) is 10.4. The van der Waals surface area contributed by atoms with Crippen LogP contribution in [0.3, 0.4) is 0 Å². The number of carbonyl (C=O) groups excluding carboxylic acids is 1. The molecule has 0 saturated heterocycles. The van der Waals surface area contributed by atoms with E-state index >= 15 is 0 Å². The second kappa shape index (κ2) is 5.53. The summed E-state index contributed by atoms with van der Waals surface area (Å²) in [6.45, 7) is 1.79. The monoisotopic (exact) mass is 321 g/mol. The number of ketones is 1. The van der Waals surface area contributed by atoms with Crippen LogP contribution in [0.4, 0.5) is 10.1 Å². The van der Waals surface area contributed by atoms with Gasteiger partial charge in [-0.25, -0.2) is 4.39 Å². The predicted molar refractivity (Wildman–Crippen MR) is 77.7 cm³/mol. The molecule has 2 aromatic rings. The molecule has 0 aromatic heterocycles. The highest BCUT2D eigenvalue weighted by Crippen LogP contribution is 2.20. The Morgan fingerprint density at radius 3 is 2.74 bits per heavy atom. The molecule has 0 unspecified atom stereocenters. The molecule has 2 nitrogen and oxygen atoms in total. The first-order valence-corrected chi connectivity index (χ1v) is 6.60. The molecule has 0 bridgehead atoms. The summed E-state index contributed by atoms with van der Waals surface area (Å²) in [6.07, 6.45) is 0.0312. The third-order valence-corrected chi connectivity index (χ3v) is 3.54. The summed E-state index contributed by atoms with van der Waals surface area (Å²) in [5.41, 5.74) is 8.01. The van der Waals surface area contributed by atoms with Gasteiger partial charge in [-0.1, -0.05) is 34.1 Å². The van der Waals surface area contributed by atoms with E-state index in [1.54, 1.807) is 37.3 Å². The molecule has 0 aliphatic heterocycles. The summed E-state index contributed by atoms with van der Waals surface area (Å²) in [5, 5.41) is 0. The summed E-state index contributed by atoms with van der Waals surface area (Å²) in [5.74, 6) is -0.518. The number of benzene rings is 2. The van der Waals surface area contributed by atoms with Crippen LogP contribution in [0.5, 0.6) is 0 Å². The lowest BCUT2D eigenvalue weighted by Gasteiger charge is -2.08. The van der Waals surface area contributed by atoms with E-state index in [2.05, 4.69) is 15.9 Å². The highest BCUT2D eigenvalue weighted by molar-refractivity contribution is 9.10. The fourth-order valence-corrected chi connectivity index (χ4v) is 2.22. The molecular weight excluding hydrogens is 309 g/mol. The van der Waals surface area contributed by atoms with Gasteiger partial charge in [0, 0.05) is 22.1 Å². The van der Waals surface area contributed by atoms with Crippen LogP contribution < -0.4 is 5.73 Å². The van der Waals surface area contributed by atoms with Crippen molar-refractivity contribution in [3.63, 3.8) is 0 Å². The molecule has 0 heterocycles. The summed E-state index contributed by atoms with van der Waals surface area (Å²) in [7, 11) is 0. The smallest absolute Gasteiger partial charge is 0.167 e. The van der Waals surface area contributed by atoms with Crippen LogP contribution in [0.2, 0.25) is 0 Å². The zero-order valence-corrected chi connectivity index (χ0v) is 12.0. The number of nitrogens with two attached hydrogens (primary N) is 1. The van der Waals surface area contributed by atoms with Crippen molar-refractivity contribution in [1.29, 1.82) is 0 Å². The first-order valence-electron chi connectivity index (χ1n) is 5.81. The molecule has 2 N–H and O–H groups in total. The van der Waals surface area contributed by atoms with Crippen LogP contribution in [0.1, 0.15) is 21.5 Å². The number of hydrogen-bond donors (Lipinski definition) is 1. The average Bonchev–Trinajstić information content (AvgIpc) is 2.36. The van der Waals surface area contributed by atoms with Crippen molar-refractivity contribution in [3.8, 4) is 0 Å². The van der Waals surface area contributed by atoms with Crippen LogP contribution >= 0.6 is 15.9 Å². The third kappa shape index (κ3) is 3.01. The zero-order chi connectivity index (χ0) is 14.0. The fourth-order valence-electron chi connectivity index (χ4n) is 1.89. The average molecular weight is 322 g/mol. The number of rotatable bonds is 3. The summed E-state index contributed by atoms with van der Waals surface area (Å²) in [4.78, 5) is 12.2. The quantitative estimate of drug-likeness (QED) is 0.688. The molecular formula is C15H13BrFNO. The van der Waals surface area contributed by atoms with Crippen molar-refractivity contribution in [2.45, 2.75) is 13.3 Å². The summed E-state index contributed by atoms with van der Waals surface area (Å²) in [6, 6.07) is 9.87. The van der Waals surface area contributed by atoms with E-state index in [4.69, 9.17) is 5.73 Å². The molecule has 0 atom stereocenters. The van der Waals surface area contributed by atoms with Gasteiger partial charge in [0.05, 0.1) is 0 Å². The van der Waals surface area contributed by atoms with Gasteiger partial charge in [0.1, 0.15) is 5.82 Å². The summed E-state index contributed by atoms with van der Waals surface area (Å²) >= 11 is 3.19. The van der Waals surface area contributed by atoms with E-state index < -0.39 is 0 Å². The van der Waals surface area contributed by atoms with Gasteiger partial charge in [-0.05, 0) is 36.2 Å². The molecule has 0 aliphatic rings. The van der Waals surface area contributed by atoms with Gasteiger partial charge in [-0.2, -0.15) is 0 Å². The lowest BCUT2D eigenvalue weighted by Crippen LogP contribution is -2.08. The predicted octanol–water partition coefficient (Wildman–Crippen LogP) is 3.90. The van der Waals surface area contributed by atoms with Crippen molar-refractivity contribution in [2.24, 2.45) is 0 Å². The van der Waals surface area contributed by atoms with Gasteiger partial charge in [0.25, 0.3) is 0 Å². The Bertz CT molecular complexity index is 640. The molecule has 0 spiro atoms. The summed E-state index contributed by atoms with van der Waals surface area (Å²) < 4.78 is 14.4. The van der Waals surface area contributed by atoms with Crippen molar-refractivity contribution in [3.05, 3.63) is 63.4 Å². The van der Waals surface area contributed by atoms with Crippen LogP contribution in [0, 0.1) is 12.7 Å². The maximum atomic E-state index is 13.7. The van der Waals surface area contributed by atoms with E-state index in [0.29, 0.717) is 21.3 Å². The standard InChI is InChI=1S/C15H13BrFNO/c1-9-12(3-2-4-14(9)18)15(19)7-10-5-6-11(16)8-13(10)17/h2-6,8H,7,18H2,1H3. The molecule has 0 radical (unpaired) electrons. The molecule has 19 heavy (non-hydrogen) atoms. The van der Waals surface area contributed by atoms with E-state index in [9.17, 15) is 9.18 Å². The van der Waals surface area contributed by atoms with E-state index in [0.717, 1.165) is 5.56 Å². The van der Waals surface area contributed by atoms with E-state index in [-0.39, 0.29) is 18.0 Å². The highest BCUT2D eigenvalue weighted by Gasteiger charge is 2.13. The number of carbonyl (C=O) groups is 1. The lowest BCUT2D eigenvalue weighted by atomic mass is 9.98. The van der Waals surface area contributed by atoms with Gasteiger partial charge in [0.15, 0.2) is 5.78 Å². The maximum absolute atomic E-state index is 13.7. The number of hydrogen-bond acceptors (Lipinski definition) is 2. The minimum absolute atomic E-state index is 0.0312. The molecule has 0 saturated carbocycles.